The lowest BCUT2D eigenvalue weighted by molar-refractivity contribution is -0.141. The van der Waals surface area contributed by atoms with Crippen molar-refractivity contribution in [3.8, 4) is 0 Å². The molecular formula is C12H12ClF3N4O. The Bertz CT molecular complexity index is 702. The fourth-order valence-electron chi connectivity index (χ4n) is 1.94. The number of carbonyl (C=O) groups excluding carboxylic acids is 1. The highest BCUT2D eigenvalue weighted by Crippen LogP contribution is 2.35. The van der Waals surface area contributed by atoms with Gasteiger partial charge in [-0.2, -0.15) is 23.4 Å². The van der Waals surface area contributed by atoms with Gasteiger partial charge in [-0.1, -0.05) is 11.6 Å². The van der Waals surface area contributed by atoms with Gasteiger partial charge in [0, 0.05) is 5.69 Å². The van der Waals surface area contributed by atoms with E-state index in [1.54, 1.807) is 19.9 Å². The van der Waals surface area contributed by atoms with E-state index in [0.29, 0.717) is 11.4 Å². The molecule has 0 saturated heterocycles. The highest BCUT2D eigenvalue weighted by atomic mass is 35.5. The van der Waals surface area contributed by atoms with Gasteiger partial charge in [-0.25, -0.2) is 4.68 Å². The molecule has 2 heterocycles. The molecule has 0 radical (unpaired) electrons. The number of hydrogen-bond donors (Lipinski definition) is 0. The van der Waals surface area contributed by atoms with Gasteiger partial charge in [0.05, 0.1) is 16.4 Å². The topological polar surface area (TPSA) is 52.7 Å². The van der Waals surface area contributed by atoms with Gasteiger partial charge in [0.25, 0.3) is 5.91 Å². The molecule has 0 saturated carbocycles. The summed E-state index contributed by atoms with van der Waals surface area (Å²) < 4.78 is 40.2. The monoisotopic (exact) mass is 320 g/mol. The Balaban J connectivity index is 2.32. The van der Waals surface area contributed by atoms with E-state index in [2.05, 4.69) is 10.2 Å². The summed E-state index contributed by atoms with van der Waals surface area (Å²) in [7, 11) is 0. The Morgan fingerprint density at radius 3 is 2.33 bits per heavy atom. The second-order valence-electron chi connectivity index (χ2n) is 4.64. The third-order valence-electron chi connectivity index (χ3n) is 2.93. The number of hydrogen-bond acceptors (Lipinski definition) is 3. The van der Waals surface area contributed by atoms with E-state index in [0.717, 1.165) is 9.36 Å². The van der Waals surface area contributed by atoms with Crippen LogP contribution in [0.25, 0.3) is 0 Å². The van der Waals surface area contributed by atoms with Gasteiger partial charge in [0.1, 0.15) is 6.54 Å². The Kier molecular flexibility index (Phi) is 3.83. The second-order valence-corrected chi connectivity index (χ2v) is 5.01. The number of halogens is 4. The third-order valence-corrected chi connectivity index (χ3v) is 3.39. The summed E-state index contributed by atoms with van der Waals surface area (Å²) in [5.74, 6) is -0.489. The first kappa shape index (κ1) is 15.6. The van der Waals surface area contributed by atoms with Crippen LogP contribution < -0.4 is 0 Å². The number of carbonyl (C=O) groups is 1. The molecule has 0 unspecified atom stereocenters. The molecule has 0 amide bonds. The van der Waals surface area contributed by atoms with Gasteiger partial charge in [-0.3, -0.25) is 9.48 Å². The van der Waals surface area contributed by atoms with Crippen LogP contribution in [0.4, 0.5) is 13.2 Å². The average molecular weight is 321 g/mol. The number of aromatic nitrogens is 4. The molecule has 5 nitrogen and oxygen atoms in total. The van der Waals surface area contributed by atoms with Crippen molar-refractivity contribution in [3.63, 3.8) is 0 Å². The molecule has 2 aromatic heterocycles. The molecule has 21 heavy (non-hydrogen) atoms. The first-order valence-corrected chi connectivity index (χ1v) is 6.35. The maximum atomic E-state index is 12.7. The largest absolute Gasteiger partial charge is 0.436 e. The minimum atomic E-state index is -4.66. The lowest BCUT2D eigenvalue weighted by atomic mass is 10.3. The van der Waals surface area contributed by atoms with Crippen molar-refractivity contribution in [2.24, 2.45) is 0 Å². The van der Waals surface area contributed by atoms with Crippen molar-refractivity contribution in [3.05, 3.63) is 33.9 Å². The van der Waals surface area contributed by atoms with Gasteiger partial charge in [-0.05, 0) is 26.8 Å². The predicted octanol–water partition coefficient (Wildman–Crippen LogP) is 3.02. The molecule has 0 aliphatic rings. The molecule has 0 N–H and O–H groups in total. The quantitative estimate of drug-likeness (QED) is 0.854. The average Bonchev–Trinajstić information content (AvgIpc) is 2.82. The van der Waals surface area contributed by atoms with Gasteiger partial charge in [-0.15, -0.1) is 0 Å². The minimum Gasteiger partial charge on any atom is -0.270 e. The van der Waals surface area contributed by atoms with Crippen molar-refractivity contribution < 1.29 is 18.0 Å². The van der Waals surface area contributed by atoms with Crippen LogP contribution in [-0.4, -0.2) is 25.5 Å². The molecule has 0 atom stereocenters. The van der Waals surface area contributed by atoms with Crippen LogP contribution in [0.3, 0.4) is 0 Å². The van der Waals surface area contributed by atoms with Crippen LogP contribution in [0.15, 0.2) is 6.07 Å². The van der Waals surface area contributed by atoms with Crippen LogP contribution in [0.2, 0.25) is 5.02 Å². The summed E-state index contributed by atoms with van der Waals surface area (Å²) >= 11 is 5.63. The molecule has 9 heteroatoms. The Morgan fingerprint density at radius 2 is 1.90 bits per heavy atom. The maximum absolute atomic E-state index is 12.7. The van der Waals surface area contributed by atoms with Gasteiger partial charge in [0.2, 0.25) is 0 Å². The normalized spacial score (nSPS) is 12.0. The van der Waals surface area contributed by atoms with E-state index >= 15 is 0 Å². The molecule has 114 valence electrons. The predicted molar refractivity (Wildman–Crippen MR) is 69.3 cm³/mol. The van der Waals surface area contributed by atoms with Crippen LogP contribution >= 0.6 is 11.6 Å². The van der Waals surface area contributed by atoms with Gasteiger partial charge < -0.3 is 0 Å². The molecule has 2 aromatic rings. The summed E-state index contributed by atoms with van der Waals surface area (Å²) in [5, 5.41) is 6.87. The highest BCUT2D eigenvalue weighted by Gasteiger charge is 2.38. The van der Waals surface area contributed by atoms with E-state index in [-0.39, 0.29) is 12.2 Å². The number of alkyl halides is 3. The van der Waals surface area contributed by atoms with Crippen molar-refractivity contribution in [2.45, 2.75) is 33.5 Å². The number of nitrogens with zero attached hydrogens (tertiary/aromatic N) is 4. The second kappa shape index (κ2) is 5.18. The summed E-state index contributed by atoms with van der Waals surface area (Å²) in [4.78, 5) is 12.1. The Hall–Kier alpha value is -1.83. The third kappa shape index (κ3) is 2.94. The standard InChI is InChI=1S/C12H12ClF3N4O/c1-6-4-7(2)20(17-6)9(21)5-19-8(3)10(13)11(18-19)12(14,15)16/h4H,5H2,1-3H3. The molecular weight excluding hydrogens is 309 g/mol. The molecule has 0 aromatic carbocycles. The summed E-state index contributed by atoms with van der Waals surface area (Å²) in [5.41, 5.74) is 0.137. The SMILES string of the molecule is Cc1cc(C)n(C(=O)Cn2nc(C(F)(F)F)c(Cl)c2C)n1. The van der Waals surface area contributed by atoms with Crippen molar-refractivity contribution in [2.75, 3.05) is 0 Å². The van der Waals surface area contributed by atoms with E-state index in [1.807, 2.05) is 0 Å². The number of rotatable bonds is 2. The zero-order valence-corrected chi connectivity index (χ0v) is 12.2. The van der Waals surface area contributed by atoms with E-state index < -0.39 is 22.8 Å². The summed E-state index contributed by atoms with van der Waals surface area (Å²) in [6.07, 6.45) is -4.66. The fraction of sp³-hybridized carbons (Fsp3) is 0.417. The van der Waals surface area contributed by atoms with Crippen LogP contribution in [0.1, 0.15) is 27.6 Å². The lowest BCUT2D eigenvalue weighted by Crippen LogP contribution is -2.22. The molecule has 0 aliphatic carbocycles. The highest BCUT2D eigenvalue weighted by molar-refractivity contribution is 6.32. The van der Waals surface area contributed by atoms with Crippen LogP contribution in [-0.2, 0) is 12.7 Å². The van der Waals surface area contributed by atoms with Gasteiger partial charge >= 0.3 is 6.18 Å². The molecule has 0 bridgehead atoms. The molecule has 0 fully saturated rings. The first-order valence-electron chi connectivity index (χ1n) is 5.98. The summed E-state index contributed by atoms with van der Waals surface area (Å²) in [6.45, 7) is 4.40. The Labute approximate surface area is 123 Å². The van der Waals surface area contributed by atoms with Crippen molar-refractivity contribution in [1.29, 1.82) is 0 Å². The van der Waals surface area contributed by atoms with E-state index in [9.17, 15) is 18.0 Å². The summed E-state index contributed by atoms with van der Waals surface area (Å²) in [6, 6.07) is 1.70. The lowest BCUT2D eigenvalue weighted by Gasteiger charge is -2.05. The maximum Gasteiger partial charge on any atom is 0.436 e. The molecule has 0 spiro atoms. The van der Waals surface area contributed by atoms with Crippen molar-refractivity contribution in [1.82, 2.24) is 19.6 Å². The number of aryl methyl sites for hydroxylation is 2. The smallest absolute Gasteiger partial charge is 0.270 e. The molecule has 0 aliphatic heterocycles. The molecule has 2 rings (SSSR count). The first-order chi connectivity index (χ1) is 9.61. The van der Waals surface area contributed by atoms with Crippen molar-refractivity contribution >= 4 is 17.5 Å². The van der Waals surface area contributed by atoms with E-state index in [1.165, 1.54) is 6.92 Å². The van der Waals surface area contributed by atoms with Crippen LogP contribution in [0.5, 0.6) is 0 Å². The zero-order chi connectivity index (χ0) is 15.9. The minimum absolute atomic E-state index is 0.0823. The van der Waals surface area contributed by atoms with E-state index in [4.69, 9.17) is 11.6 Å². The fourth-order valence-corrected chi connectivity index (χ4v) is 2.18. The zero-order valence-electron chi connectivity index (χ0n) is 11.5. The van der Waals surface area contributed by atoms with Gasteiger partial charge in [0.15, 0.2) is 5.69 Å². The Morgan fingerprint density at radius 1 is 1.29 bits per heavy atom. The van der Waals surface area contributed by atoms with Crippen LogP contribution in [0, 0.1) is 20.8 Å².